The minimum atomic E-state index is 1.20. The highest BCUT2D eigenvalue weighted by atomic mass is 15.1. The molecule has 0 fully saturated rings. The van der Waals surface area contributed by atoms with E-state index in [1.807, 2.05) is 0 Å². The Bertz CT molecular complexity index is 930. The molecule has 0 aliphatic heterocycles. The lowest BCUT2D eigenvalue weighted by Gasteiger charge is -2.24. The van der Waals surface area contributed by atoms with Gasteiger partial charge in [-0.2, -0.15) is 0 Å². The van der Waals surface area contributed by atoms with Crippen molar-refractivity contribution in [2.75, 3.05) is 11.9 Å². The van der Waals surface area contributed by atoms with E-state index in [-0.39, 0.29) is 0 Å². The van der Waals surface area contributed by atoms with E-state index >= 15 is 0 Å². The van der Waals surface area contributed by atoms with Gasteiger partial charge in [0.15, 0.2) is 0 Å². The molecule has 4 rings (SSSR count). The summed E-state index contributed by atoms with van der Waals surface area (Å²) >= 11 is 0. The number of hydrogen-bond donors (Lipinski definition) is 0. The summed E-state index contributed by atoms with van der Waals surface area (Å²) in [6.45, 7) is 2.22. The lowest BCUT2D eigenvalue weighted by molar-refractivity contribution is 1.23. The molecule has 0 bridgehead atoms. The third-order valence-corrected chi connectivity index (χ3v) is 4.65. The van der Waals surface area contributed by atoms with E-state index in [1.165, 1.54) is 38.5 Å². The molecular formula is C22H19N. The summed E-state index contributed by atoms with van der Waals surface area (Å²) in [7, 11) is 2.15. The molecular weight excluding hydrogens is 278 g/mol. The van der Waals surface area contributed by atoms with Crippen molar-refractivity contribution in [3.05, 3.63) is 84.4 Å². The van der Waals surface area contributed by atoms with Crippen molar-refractivity contribution in [3.8, 4) is 0 Å². The predicted octanol–water partition coefficient (Wildman–Crippen LogP) is 6.07. The molecule has 0 spiro atoms. The van der Waals surface area contributed by atoms with Crippen molar-refractivity contribution in [1.29, 1.82) is 0 Å². The number of benzene rings is 4. The highest BCUT2D eigenvalue weighted by Crippen LogP contribution is 2.40. The minimum Gasteiger partial charge on any atom is -0.344 e. The number of anilines is 2. The fraction of sp³-hybridized carbons (Fsp3) is 0.0909. The summed E-state index contributed by atoms with van der Waals surface area (Å²) in [5.41, 5.74) is 3.82. The monoisotopic (exact) mass is 297 g/mol. The van der Waals surface area contributed by atoms with Crippen LogP contribution in [0.4, 0.5) is 11.4 Å². The average Bonchev–Trinajstić information content (AvgIpc) is 2.63. The number of aryl methyl sites for hydroxylation is 1. The smallest absolute Gasteiger partial charge is 0.0567 e. The highest BCUT2D eigenvalue weighted by molar-refractivity contribution is 6.14. The van der Waals surface area contributed by atoms with Crippen LogP contribution in [0.25, 0.3) is 21.5 Å². The van der Waals surface area contributed by atoms with Gasteiger partial charge in [0.1, 0.15) is 0 Å². The van der Waals surface area contributed by atoms with E-state index in [4.69, 9.17) is 0 Å². The Balaban J connectivity index is 2.13. The van der Waals surface area contributed by atoms with Gasteiger partial charge in [0, 0.05) is 23.5 Å². The van der Waals surface area contributed by atoms with Gasteiger partial charge < -0.3 is 4.90 Å². The summed E-state index contributed by atoms with van der Waals surface area (Å²) in [6, 6.07) is 27.9. The van der Waals surface area contributed by atoms with E-state index in [9.17, 15) is 0 Å². The fourth-order valence-electron chi connectivity index (χ4n) is 3.47. The first-order chi connectivity index (χ1) is 11.3. The second-order valence-electron chi connectivity index (χ2n) is 5.96. The van der Waals surface area contributed by atoms with E-state index in [0.29, 0.717) is 0 Å². The van der Waals surface area contributed by atoms with Crippen molar-refractivity contribution >= 4 is 32.9 Å². The van der Waals surface area contributed by atoms with Crippen LogP contribution in [0.3, 0.4) is 0 Å². The zero-order valence-corrected chi connectivity index (χ0v) is 13.5. The fourth-order valence-corrected chi connectivity index (χ4v) is 3.47. The van der Waals surface area contributed by atoms with Crippen molar-refractivity contribution < 1.29 is 0 Å². The van der Waals surface area contributed by atoms with Crippen LogP contribution in [0.5, 0.6) is 0 Å². The highest BCUT2D eigenvalue weighted by Gasteiger charge is 2.14. The SMILES string of the molecule is Cc1c2ccccc2c(N(C)c2ccccc2)c2ccccc12. The van der Waals surface area contributed by atoms with Crippen molar-refractivity contribution in [2.24, 2.45) is 0 Å². The Kier molecular flexibility index (Phi) is 3.27. The summed E-state index contributed by atoms with van der Waals surface area (Å²) in [6.07, 6.45) is 0. The Hall–Kier alpha value is -2.80. The second kappa shape index (κ2) is 5.44. The van der Waals surface area contributed by atoms with Gasteiger partial charge in [-0.05, 0) is 35.4 Å². The minimum absolute atomic E-state index is 1.20. The van der Waals surface area contributed by atoms with Gasteiger partial charge in [0.2, 0.25) is 0 Å². The van der Waals surface area contributed by atoms with Crippen LogP contribution in [0, 0.1) is 6.92 Å². The zero-order chi connectivity index (χ0) is 15.8. The first-order valence-electron chi connectivity index (χ1n) is 7.96. The molecule has 0 unspecified atom stereocenters. The topological polar surface area (TPSA) is 3.24 Å². The third kappa shape index (κ3) is 2.17. The van der Waals surface area contributed by atoms with Crippen molar-refractivity contribution in [1.82, 2.24) is 0 Å². The van der Waals surface area contributed by atoms with Crippen LogP contribution >= 0.6 is 0 Å². The summed E-state index contributed by atoms with van der Waals surface area (Å²) < 4.78 is 0. The number of para-hydroxylation sites is 1. The van der Waals surface area contributed by atoms with E-state index in [0.717, 1.165) is 0 Å². The molecule has 0 atom stereocenters. The Labute approximate surface area is 136 Å². The van der Waals surface area contributed by atoms with Crippen LogP contribution in [0.15, 0.2) is 78.9 Å². The largest absolute Gasteiger partial charge is 0.344 e. The van der Waals surface area contributed by atoms with Crippen LogP contribution in [0.2, 0.25) is 0 Å². The van der Waals surface area contributed by atoms with Gasteiger partial charge in [-0.1, -0.05) is 66.7 Å². The van der Waals surface area contributed by atoms with Gasteiger partial charge in [-0.3, -0.25) is 0 Å². The van der Waals surface area contributed by atoms with Crippen LogP contribution in [-0.4, -0.2) is 7.05 Å². The normalized spacial score (nSPS) is 11.0. The van der Waals surface area contributed by atoms with Crippen molar-refractivity contribution in [2.45, 2.75) is 6.92 Å². The second-order valence-corrected chi connectivity index (χ2v) is 5.96. The molecule has 0 aliphatic carbocycles. The van der Waals surface area contributed by atoms with Crippen LogP contribution in [-0.2, 0) is 0 Å². The molecule has 23 heavy (non-hydrogen) atoms. The summed E-state index contributed by atoms with van der Waals surface area (Å²) in [5.74, 6) is 0. The van der Waals surface area contributed by atoms with Crippen LogP contribution in [0.1, 0.15) is 5.56 Å². The quantitative estimate of drug-likeness (QED) is 0.406. The molecule has 0 saturated carbocycles. The van der Waals surface area contributed by atoms with Gasteiger partial charge >= 0.3 is 0 Å². The molecule has 0 heterocycles. The lowest BCUT2D eigenvalue weighted by Crippen LogP contribution is -2.10. The standard InChI is InChI=1S/C22H19N/c1-16-18-12-6-8-14-20(18)22(21-15-9-7-13-19(16)21)23(2)17-10-4-3-5-11-17/h3-15H,1-2H3. The molecule has 0 radical (unpaired) electrons. The molecule has 0 saturated heterocycles. The Morgan fingerprint density at radius 2 is 1.00 bits per heavy atom. The predicted molar refractivity (Wildman–Crippen MR) is 101 cm³/mol. The molecule has 0 amide bonds. The van der Waals surface area contributed by atoms with Gasteiger partial charge in [-0.25, -0.2) is 0 Å². The number of hydrogen-bond acceptors (Lipinski definition) is 1. The first kappa shape index (κ1) is 13.8. The van der Waals surface area contributed by atoms with Gasteiger partial charge in [-0.15, -0.1) is 0 Å². The van der Waals surface area contributed by atoms with Crippen LogP contribution < -0.4 is 4.90 Å². The molecule has 0 aliphatic rings. The molecule has 4 aromatic carbocycles. The van der Waals surface area contributed by atoms with Gasteiger partial charge in [0.25, 0.3) is 0 Å². The lowest BCUT2D eigenvalue weighted by atomic mass is 9.95. The Morgan fingerprint density at radius 3 is 1.52 bits per heavy atom. The zero-order valence-electron chi connectivity index (χ0n) is 13.5. The molecule has 112 valence electrons. The number of nitrogens with zero attached hydrogens (tertiary/aromatic N) is 1. The maximum absolute atomic E-state index is 2.30. The third-order valence-electron chi connectivity index (χ3n) is 4.65. The molecule has 0 aromatic heterocycles. The average molecular weight is 297 g/mol. The summed E-state index contributed by atoms with van der Waals surface area (Å²) in [4.78, 5) is 2.30. The summed E-state index contributed by atoms with van der Waals surface area (Å²) in [5, 5.41) is 5.25. The maximum atomic E-state index is 2.30. The molecule has 1 nitrogen and oxygen atoms in total. The number of fused-ring (bicyclic) bond motifs is 2. The first-order valence-corrected chi connectivity index (χ1v) is 7.96. The molecule has 0 N–H and O–H groups in total. The van der Waals surface area contributed by atoms with E-state index < -0.39 is 0 Å². The van der Waals surface area contributed by atoms with Crippen molar-refractivity contribution in [3.63, 3.8) is 0 Å². The maximum Gasteiger partial charge on any atom is 0.0567 e. The number of rotatable bonds is 2. The molecule has 1 heteroatoms. The van der Waals surface area contributed by atoms with Gasteiger partial charge in [0.05, 0.1) is 5.69 Å². The molecule has 4 aromatic rings. The van der Waals surface area contributed by atoms with E-state index in [2.05, 4.69) is 97.7 Å². The Morgan fingerprint density at radius 1 is 0.565 bits per heavy atom. The van der Waals surface area contributed by atoms with E-state index in [1.54, 1.807) is 0 Å².